The molecule has 0 bridgehead atoms. The first-order valence-electron chi connectivity index (χ1n) is 7.26. The smallest absolute Gasteiger partial charge is 0.341 e. The molecule has 2 rings (SSSR count). The van der Waals surface area contributed by atoms with Crippen LogP contribution < -0.4 is 9.47 Å². The summed E-state index contributed by atoms with van der Waals surface area (Å²) >= 11 is 0. The summed E-state index contributed by atoms with van der Waals surface area (Å²) in [5.41, 5.74) is 0.412. The van der Waals surface area contributed by atoms with E-state index in [1.807, 2.05) is 0 Å². The van der Waals surface area contributed by atoms with Gasteiger partial charge in [-0.2, -0.15) is 0 Å². The highest BCUT2D eigenvalue weighted by Crippen LogP contribution is 2.33. The van der Waals surface area contributed by atoms with E-state index in [-0.39, 0.29) is 6.10 Å². The molecule has 1 atom stereocenters. The van der Waals surface area contributed by atoms with Gasteiger partial charge >= 0.3 is 5.97 Å². The standard InChI is InChI=1S/C16H23NO4/c1-17-10-5-6-12(9-11-17)21-15-13(16(18)20-3)7-4-8-14(15)19-2/h4,7-8,12H,5-6,9-11H2,1-3H3. The zero-order valence-corrected chi connectivity index (χ0v) is 12.9. The van der Waals surface area contributed by atoms with Crippen LogP contribution in [0.1, 0.15) is 29.6 Å². The van der Waals surface area contributed by atoms with Crippen molar-refractivity contribution >= 4 is 5.97 Å². The topological polar surface area (TPSA) is 48.0 Å². The van der Waals surface area contributed by atoms with Crippen LogP contribution in [0.5, 0.6) is 11.5 Å². The summed E-state index contributed by atoms with van der Waals surface area (Å²) in [5.74, 6) is 0.645. The molecule has 1 unspecified atom stereocenters. The van der Waals surface area contributed by atoms with Crippen molar-refractivity contribution in [3.8, 4) is 11.5 Å². The van der Waals surface area contributed by atoms with E-state index in [9.17, 15) is 4.79 Å². The molecule has 1 fully saturated rings. The van der Waals surface area contributed by atoms with Crippen LogP contribution in [0.15, 0.2) is 18.2 Å². The largest absolute Gasteiger partial charge is 0.493 e. The van der Waals surface area contributed by atoms with E-state index in [0.29, 0.717) is 17.1 Å². The molecule has 0 N–H and O–H groups in total. The van der Waals surface area contributed by atoms with Gasteiger partial charge in [0, 0.05) is 6.54 Å². The molecule has 1 aromatic carbocycles. The summed E-state index contributed by atoms with van der Waals surface area (Å²) in [6.45, 7) is 2.07. The van der Waals surface area contributed by atoms with Crippen LogP contribution in [-0.2, 0) is 4.74 Å². The lowest BCUT2D eigenvalue weighted by atomic mass is 10.1. The van der Waals surface area contributed by atoms with E-state index in [1.54, 1.807) is 25.3 Å². The van der Waals surface area contributed by atoms with Gasteiger partial charge < -0.3 is 19.1 Å². The highest BCUT2D eigenvalue weighted by atomic mass is 16.5. The lowest BCUT2D eigenvalue weighted by Gasteiger charge is -2.20. The molecule has 21 heavy (non-hydrogen) atoms. The number of benzene rings is 1. The molecule has 5 nitrogen and oxygen atoms in total. The monoisotopic (exact) mass is 293 g/mol. The molecule has 1 aromatic rings. The lowest BCUT2D eigenvalue weighted by Crippen LogP contribution is -2.22. The number of carbonyl (C=O) groups excluding carboxylic acids is 1. The summed E-state index contributed by atoms with van der Waals surface area (Å²) in [7, 11) is 5.06. The summed E-state index contributed by atoms with van der Waals surface area (Å²) in [5, 5.41) is 0. The average molecular weight is 293 g/mol. The van der Waals surface area contributed by atoms with Crippen LogP contribution in [0.3, 0.4) is 0 Å². The van der Waals surface area contributed by atoms with E-state index < -0.39 is 5.97 Å². The first kappa shape index (κ1) is 15.6. The van der Waals surface area contributed by atoms with Crippen LogP contribution in [0, 0.1) is 0 Å². The Hall–Kier alpha value is -1.75. The Kier molecular flexibility index (Phi) is 5.44. The molecule has 1 saturated heterocycles. The molecule has 0 radical (unpaired) electrons. The fraction of sp³-hybridized carbons (Fsp3) is 0.562. The molecular weight excluding hydrogens is 270 g/mol. The maximum atomic E-state index is 11.9. The van der Waals surface area contributed by atoms with Gasteiger partial charge in [-0.3, -0.25) is 0 Å². The maximum absolute atomic E-state index is 11.9. The first-order valence-corrected chi connectivity index (χ1v) is 7.26. The molecule has 0 amide bonds. The predicted molar refractivity (Wildman–Crippen MR) is 80.1 cm³/mol. The second kappa shape index (κ2) is 7.31. The van der Waals surface area contributed by atoms with Crippen molar-refractivity contribution in [3.05, 3.63) is 23.8 Å². The molecule has 0 aliphatic carbocycles. The van der Waals surface area contributed by atoms with Crippen LogP contribution in [-0.4, -0.2) is 51.3 Å². The zero-order chi connectivity index (χ0) is 15.2. The van der Waals surface area contributed by atoms with Gasteiger partial charge in [0.05, 0.1) is 14.2 Å². The quantitative estimate of drug-likeness (QED) is 0.798. The van der Waals surface area contributed by atoms with Crippen molar-refractivity contribution in [3.63, 3.8) is 0 Å². The Morgan fingerprint density at radius 2 is 2.05 bits per heavy atom. The van der Waals surface area contributed by atoms with Crippen molar-refractivity contribution < 1.29 is 19.0 Å². The SMILES string of the molecule is COC(=O)c1cccc(OC)c1OC1CCCN(C)CC1. The number of hydrogen-bond acceptors (Lipinski definition) is 5. The second-order valence-corrected chi connectivity index (χ2v) is 5.30. The molecule has 5 heteroatoms. The average Bonchev–Trinajstić information content (AvgIpc) is 2.71. The van der Waals surface area contributed by atoms with E-state index in [2.05, 4.69) is 11.9 Å². The van der Waals surface area contributed by atoms with Crippen molar-refractivity contribution in [2.75, 3.05) is 34.4 Å². The van der Waals surface area contributed by atoms with E-state index in [0.717, 1.165) is 32.4 Å². The van der Waals surface area contributed by atoms with Crippen LogP contribution in [0.2, 0.25) is 0 Å². The summed E-state index contributed by atoms with van der Waals surface area (Å²) in [4.78, 5) is 14.2. The minimum atomic E-state index is -0.408. The van der Waals surface area contributed by atoms with Crippen molar-refractivity contribution in [1.82, 2.24) is 4.90 Å². The number of likely N-dealkylation sites (tertiary alicyclic amines) is 1. The molecular formula is C16H23NO4. The van der Waals surface area contributed by atoms with Gasteiger partial charge in [-0.25, -0.2) is 4.79 Å². The fourth-order valence-electron chi connectivity index (χ4n) is 2.56. The van der Waals surface area contributed by atoms with Crippen molar-refractivity contribution in [2.45, 2.75) is 25.4 Å². The van der Waals surface area contributed by atoms with Crippen molar-refractivity contribution in [1.29, 1.82) is 0 Å². The minimum absolute atomic E-state index is 0.0923. The Balaban J connectivity index is 2.22. The highest BCUT2D eigenvalue weighted by molar-refractivity contribution is 5.93. The second-order valence-electron chi connectivity index (χ2n) is 5.30. The maximum Gasteiger partial charge on any atom is 0.341 e. The zero-order valence-electron chi connectivity index (χ0n) is 12.9. The molecule has 116 valence electrons. The van der Waals surface area contributed by atoms with Crippen LogP contribution >= 0.6 is 0 Å². The Labute approximate surface area is 125 Å². The van der Waals surface area contributed by atoms with Crippen LogP contribution in [0.4, 0.5) is 0 Å². The number of carbonyl (C=O) groups is 1. The van der Waals surface area contributed by atoms with Crippen LogP contribution in [0.25, 0.3) is 0 Å². The van der Waals surface area contributed by atoms with Gasteiger partial charge in [-0.15, -0.1) is 0 Å². The molecule has 1 aliphatic heterocycles. The Morgan fingerprint density at radius 1 is 1.24 bits per heavy atom. The highest BCUT2D eigenvalue weighted by Gasteiger charge is 2.22. The number of para-hydroxylation sites is 1. The minimum Gasteiger partial charge on any atom is -0.493 e. The number of nitrogens with zero attached hydrogens (tertiary/aromatic N) is 1. The third kappa shape index (κ3) is 3.88. The van der Waals surface area contributed by atoms with Gasteiger partial charge in [0.25, 0.3) is 0 Å². The lowest BCUT2D eigenvalue weighted by molar-refractivity contribution is 0.0591. The number of hydrogen-bond donors (Lipinski definition) is 0. The van der Waals surface area contributed by atoms with E-state index in [4.69, 9.17) is 14.2 Å². The summed E-state index contributed by atoms with van der Waals surface area (Å²) in [6.07, 6.45) is 3.09. The molecule has 1 aliphatic rings. The number of esters is 1. The van der Waals surface area contributed by atoms with Gasteiger partial charge in [-0.1, -0.05) is 6.07 Å². The molecule has 0 saturated carbocycles. The van der Waals surface area contributed by atoms with E-state index >= 15 is 0 Å². The predicted octanol–water partition coefficient (Wildman–Crippen LogP) is 2.34. The van der Waals surface area contributed by atoms with Gasteiger partial charge in [-0.05, 0) is 45.0 Å². The number of rotatable bonds is 4. The van der Waals surface area contributed by atoms with Crippen molar-refractivity contribution in [2.24, 2.45) is 0 Å². The molecule has 0 aromatic heterocycles. The normalized spacial score (nSPS) is 19.7. The van der Waals surface area contributed by atoms with Gasteiger partial charge in [0.15, 0.2) is 11.5 Å². The Bertz CT molecular complexity index is 489. The van der Waals surface area contributed by atoms with Gasteiger partial charge in [0.2, 0.25) is 0 Å². The fourth-order valence-corrected chi connectivity index (χ4v) is 2.56. The third-order valence-corrected chi connectivity index (χ3v) is 3.79. The third-order valence-electron chi connectivity index (χ3n) is 3.79. The molecule has 1 heterocycles. The molecule has 0 spiro atoms. The van der Waals surface area contributed by atoms with E-state index in [1.165, 1.54) is 7.11 Å². The number of ether oxygens (including phenoxy) is 3. The summed E-state index contributed by atoms with van der Waals surface area (Å²) in [6, 6.07) is 5.26. The van der Waals surface area contributed by atoms with Gasteiger partial charge in [0.1, 0.15) is 11.7 Å². The number of methoxy groups -OCH3 is 2. The summed E-state index contributed by atoms with van der Waals surface area (Å²) < 4.78 is 16.3. The Morgan fingerprint density at radius 3 is 2.76 bits per heavy atom. The first-order chi connectivity index (χ1) is 10.2.